The first kappa shape index (κ1) is 9.66. The van der Waals surface area contributed by atoms with Gasteiger partial charge in [0.1, 0.15) is 0 Å². The largest absolute Gasteiger partial charge is 0.247 e. The molecule has 0 radical (unpaired) electrons. The van der Waals surface area contributed by atoms with Crippen LogP contribution in [0.2, 0.25) is 0 Å². The molecule has 1 heterocycles. The van der Waals surface area contributed by atoms with Crippen LogP contribution >= 0.6 is 27.3 Å². The van der Waals surface area contributed by atoms with E-state index in [1.165, 1.54) is 36.4 Å². The quantitative estimate of drug-likeness (QED) is 0.757. The van der Waals surface area contributed by atoms with Gasteiger partial charge in [-0.25, -0.2) is 4.98 Å². The molecule has 0 spiro atoms. The molecule has 0 unspecified atom stereocenters. The van der Waals surface area contributed by atoms with Crippen molar-refractivity contribution in [1.29, 1.82) is 0 Å². The Balaban J connectivity index is 2.04. The molecule has 0 atom stereocenters. The van der Waals surface area contributed by atoms with Crippen LogP contribution in [0.25, 0.3) is 0 Å². The van der Waals surface area contributed by atoms with Gasteiger partial charge in [0, 0.05) is 22.8 Å². The van der Waals surface area contributed by atoms with Crippen molar-refractivity contribution in [2.45, 2.75) is 32.6 Å². The molecule has 1 nitrogen and oxygen atoms in total. The zero-order chi connectivity index (χ0) is 9.31. The summed E-state index contributed by atoms with van der Waals surface area (Å²) in [5, 5.41) is 4.60. The Kier molecular flexibility index (Phi) is 2.75. The number of aromatic nitrogens is 1. The molecule has 2 rings (SSSR count). The second kappa shape index (κ2) is 3.70. The van der Waals surface area contributed by atoms with Crippen molar-refractivity contribution >= 4 is 27.3 Å². The third-order valence-corrected chi connectivity index (χ3v) is 5.05. The highest BCUT2D eigenvalue weighted by Gasteiger charge is 2.36. The Labute approximate surface area is 91.7 Å². The molecule has 1 aromatic heterocycles. The zero-order valence-corrected chi connectivity index (χ0v) is 10.2. The SMILES string of the molecule is Cc1csc(CC2(CBr)CCC2)n1. The van der Waals surface area contributed by atoms with Crippen LogP contribution < -0.4 is 0 Å². The van der Waals surface area contributed by atoms with Crippen LogP contribution in [0, 0.1) is 12.3 Å². The van der Waals surface area contributed by atoms with Gasteiger partial charge in [-0.2, -0.15) is 0 Å². The highest BCUT2D eigenvalue weighted by Crippen LogP contribution is 2.45. The third kappa shape index (κ3) is 1.96. The fourth-order valence-corrected chi connectivity index (χ4v) is 3.54. The van der Waals surface area contributed by atoms with Crippen LogP contribution in [0.1, 0.15) is 30.0 Å². The molecule has 1 aromatic rings. The average molecular weight is 260 g/mol. The lowest BCUT2D eigenvalue weighted by Gasteiger charge is -2.40. The summed E-state index contributed by atoms with van der Waals surface area (Å²) < 4.78 is 0. The fraction of sp³-hybridized carbons (Fsp3) is 0.700. The lowest BCUT2D eigenvalue weighted by atomic mass is 9.68. The number of hydrogen-bond acceptors (Lipinski definition) is 2. The Morgan fingerprint density at radius 3 is 2.77 bits per heavy atom. The van der Waals surface area contributed by atoms with E-state index < -0.39 is 0 Å². The maximum absolute atomic E-state index is 4.52. The van der Waals surface area contributed by atoms with Crippen molar-refractivity contribution in [1.82, 2.24) is 4.98 Å². The number of aryl methyl sites for hydroxylation is 1. The van der Waals surface area contributed by atoms with Crippen LogP contribution in [-0.2, 0) is 6.42 Å². The van der Waals surface area contributed by atoms with Crippen LogP contribution in [0.15, 0.2) is 5.38 Å². The predicted molar refractivity (Wildman–Crippen MR) is 60.6 cm³/mol. The number of thiazole rings is 1. The molecule has 0 aromatic carbocycles. The minimum absolute atomic E-state index is 0.546. The van der Waals surface area contributed by atoms with Crippen molar-refractivity contribution in [3.05, 3.63) is 16.1 Å². The van der Waals surface area contributed by atoms with Crippen molar-refractivity contribution < 1.29 is 0 Å². The summed E-state index contributed by atoms with van der Waals surface area (Å²) in [5.41, 5.74) is 1.72. The molecule has 1 aliphatic carbocycles. The molecule has 1 saturated carbocycles. The van der Waals surface area contributed by atoms with Crippen LogP contribution in [-0.4, -0.2) is 10.3 Å². The van der Waals surface area contributed by atoms with E-state index in [0.29, 0.717) is 5.41 Å². The summed E-state index contributed by atoms with van der Waals surface area (Å²) >= 11 is 5.43. The van der Waals surface area contributed by atoms with Crippen molar-refractivity contribution in [3.63, 3.8) is 0 Å². The molecule has 13 heavy (non-hydrogen) atoms. The van der Waals surface area contributed by atoms with E-state index in [1.54, 1.807) is 0 Å². The smallest absolute Gasteiger partial charge is 0.0933 e. The van der Waals surface area contributed by atoms with Gasteiger partial charge >= 0.3 is 0 Å². The maximum Gasteiger partial charge on any atom is 0.0933 e. The lowest BCUT2D eigenvalue weighted by Crippen LogP contribution is -2.33. The Morgan fingerprint density at radius 2 is 2.38 bits per heavy atom. The van der Waals surface area contributed by atoms with E-state index in [4.69, 9.17) is 0 Å². The predicted octanol–water partition coefficient (Wildman–Crippen LogP) is 3.56. The van der Waals surface area contributed by atoms with Gasteiger partial charge in [0.25, 0.3) is 0 Å². The first-order valence-corrected chi connectivity index (χ1v) is 6.71. The highest BCUT2D eigenvalue weighted by atomic mass is 79.9. The summed E-state index contributed by atoms with van der Waals surface area (Å²) in [6.07, 6.45) is 5.32. The molecule has 1 aliphatic rings. The Bertz CT molecular complexity index is 285. The van der Waals surface area contributed by atoms with Gasteiger partial charge in [-0.3, -0.25) is 0 Å². The molecule has 3 heteroatoms. The first-order valence-electron chi connectivity index (χ1n) is 4.71. The highest BCUT2D eigenvalue weighted by molar-refractivity contribution is 9.09. The molecular weight excluding hydrogens is 246 g/mol. The fourth-order valence-electron chi connectivity index (χ4n) is 1.84. The molecule has 0 aliphatic heterocycles. The number of rotatable bonds is 3. The monoisotopic (exact) mass is 259 g/mol. The maximum atomic E-state index is 4.52. The van der Waals surface area contributed by atoms with E-state index in [9.17, 15) is 0 Å². The van der Waals surface area contributed by atoms with Gasteiger partial charge in [-0.05, 0) is 25.2 Å². The molecule has 0 saturated heterocycles. The van der Waals surface area contributed by atoms with Crippen molar-refractivity contribution in [2.24, 2.45) is 5.41 Å². The summed E-state index contributed by atoms with van der Waals surface area (Å²) in [4.78, 5) is 4.52. The number of halogens is 1. The van der Waals surface area contributed by atoms with Gasteiger partial charge in [0.2, 0.25) is 0 Å². The summed E-state index contributed by atoms with van der Waals surface area (Å²) in [7, 11) is 0. The van der Waals surface area contributed by atoms with E-state index in [0.717, 1.165) is 5.33 Å². The number of hydrogen-bond donors (Lipinski definition) is 0. The van der Waals surface area contributed by atoms with E-state index >= 15 is 0 Å². The van der Waals surface area contributed by atoms with E-state index in [1.807, 2.05) is 11.3 Å². The zero-order valence-electron chi connectivity index (χ0n) is 7.85. The summed E-state index contributed by atoms with van der Waals surface area (Å²) in [5.74, 6) is 0. The van der Waals surface area contributed by atoms with Crippen molar-refractivity contribution in [3.8, 4) is 0 Å². The van der Waals surface area contributed by atoms with Crippen molar-refractivity contribution in [2.75, 3.05) is 5.33 Å². The topological polar surface area (TPSA) is 12.9 Å². The van der Waals surface area contributed by atoms with Gasteiger partial charge in [0.05, 0.1) is 5.01 Å². The van der Waals surface area contributed by atoms with E-state index in [2.05, 4.69) is 33.2 Å². The minimum Gasteiger partial charge on any atom is -0.247 e. The molecule has 0 N–H and O–H groups in total. The molecule has 0 bridgehead atoms. The van der Waals surface area contributed by atoms with Crippen LogP contribution in [0.5, 0.6) is 0 Å². The molecule has 0 amide bonds. The average Bonchev–Trinajstić information content (AvgIpc) is 2.44. The molecule has 1 fully saturated rings. The summed E-state index contributed by atoms with van der Waals surface area (Å²) in [6, 6.07) is 0. The second-order valence-corrected chi connectivity index (χ2v) is 5.55. The Hall–Kier alpha value is 0.110. The second-order valence-electron chi connectivity index (χ2n) is 4.05. The lowest BCUT2D eigenvalue weighted by molar-refractivity contribution is 0.170. The standard InChI is InChI=1S/C10H14BrNS/c1-8-6-13-9(12-8)5-10(7-11)3-2-4-10/h6H,2-5,7H2,1H3. The van der Waals surface area contributed by atoms with E-state index in [-0.39, 0.29) is 0 Å². The van der Waals surface area contributed by atoms with Gasteiger partial charge in [0.15, 0.2) is 0 Å². The summed E-state index contributed by atoms with van der Waals surface area (Å²) in [6.45, 7) is 2.07. The first-order chi connectivity index (χ1) is 6.24. The number of nitrogens with zero attached hydrogens (tertiary/aromatic N) is 1. The number of alkyl halides is 1. The third-order valence-electron chi connectivity index (χ3n) is 2.89. The minimum atomic E-state index is 0.546. The van der Waals surface area contributed by atoms with Gasteiger partial charge in [-0.15, -0.1) is 11.3 Å². The van der Waals surface area contributed by atoms with Crippen LogP contribution in [0.4, 0.5) is 0 Å². The molecular formula is C10H14BrNS. The molecule has 72 valence electrons. The van der Waals surface area contributed by atoms with Crippen LogP contribution in [0.3, 0.4) is 0 Å². The van der Waals surface area contributed by atoms with Gasteiger partial charge < -0.3 is 0 Å². The Morgan fingerprint density at radius 1 is 1.62 bits per heavy atom. The normalized spacial score (nSPS) is 19.8. The van der Waals surface area contributed by atoms with Gasteiger partial charge in [-0.1, -0.05) is 22.4 Å².